The van der Waals surface area contributed by atoms with Crippen molar-refractivity contribution in [3.63, 3.8) is 0 Å². The molecule has 0 aromatic carbocycles. The van der Waals surface area contributed by atoms with Gasteiger partial charge in [0.05, 0.1) is 6.61 Å². The molecule has 0 saturated carbocycles. The molecule has 0 spiro atoms. The van der Waals surface area contributed by atoms with Crippen molar-refractivity contribution in [3.8, 4) is 0 Å². The van der Waals surface area contributed by atoms with Gasteiger partial charge in [-0.2, -0.15) is 0 Å². The summed E-state index contributed by atoms with van der Waals surface area (Å²) in [6.45, 7) is 11.1. The fourth-order valence-electron chi connectivity index (χ4n) is 2.27. The molecule has 1 saturated heterocycles. The Bertz CT molecular complexity index is 182. The van der Waals surface area contributed by atoms with Crippen molar-refractivity contribution in [2.24, 2.45) is 0 Å². The largest absolute Gasteiger partial charge is 0.383 e. The average molecular weight is 214 g/mol. The highest BCUT2D eigenvalue weighted by Crippen LogP contribution is 2.21. The van der Waals surface area contributed by atoms with Gasteiger partial charge in [-0.25, -0.2) is 0 Å². The smallest absolute Gasteiger partial charge is 0.0641 e. The van der Waals surface area contributed by atoms with Crippen LogP contribution in [0.5, 0.6) is 0 Å². The van der Waals surface area contributed by atoms with E-state index < -0.39 is 0 Å². The molecule has 90 valence electrons. The molecule has 0 bridgehead atoms. The molecule has 15 heavy (non-hydrogen) atoms. The Hall–Kier alpha value is -0.120. The number of nitrogens with zero attached hydrogens (tertiary/aromatic N) is 1. The minimum Gasteiger partial charge on any atom is -0.383 e. The van der Waals surface area contributed by atoms with Gasteiger partial charge in [-0.05, 0) is 33.2 Å². The molecule has 3 nitrogen and oxygen atoms in total. The Morgan fingerprint density at radius 1 is 1.47 bits per heavy atom. The zero-order valence-corrected chi connectivity index (χ0v) is 10.7. The standard InChI is InChI=1S/C12H26N2O/c1-5-7-13-11-6-8-14(9-11)12(2,3)10-15-4/h11,13H,5-10H2,1-4H3. The molecular weight excluding hydrogens is 188 g/mol. The van der Waals surface area contributed by atoms with Crippen molar-refractivity contribution in [2.75, 3.05) is 33.4 Å². The van der Waals surface area contributed by atoms with Gasteiger partial charge in [0.15, 0.2) is 0 Å². The topological polar surface area (TPSA) is 24.5 Å². The third-order valence-corrected chi connectivity index (χ3v) is 3.22. The molecule has 0 amide bonds. The molecule has 1 aliphatic heterocycles. The summed E-state index contributed by atoms with van der Waals surface area (Å²) in [6, 6.07) is 0.682. The number of methoxy groups -OCH3 is 1. The summed E-state index contributed by atoms with van der Waals surface area (Å²) in [5, 5.41) is 3.59. The number of ether oxygens (including phenoxy) is 1. The molecule has 0 aromatic heterocycles. The summed E-state index contributed by atoms with van der Waals surface area (Å²) >= 11 is 0. The number of likely N-dealkylation sites (tertiary alicyclic amines) is 1. The van der Waals surface area contributed by atoms with Gasteiger partial charge in [-0.1, -0.05) is 6.92 Å². The second-order valence-electron chi connectivity index (χ2n) is 5.13. The lowest BCUT2D eigenvalue weighted by atomic mass is 10.1. The van der Waals surface area contributed by atoms with Crippen LogP contribution in [-0.4, -0.2) is 49.8 Å². The first-order valence-electron chi connectivity index (χ1n) is 6.07. The first-order chi connectivity index (χ1) is 7.10. The maximum Gasteiger partial charge on any atom is 0.0641 e. The first-order valence-corrected chi connectivity index (χ1v) is 6.07. The molecule has 1 aliphatic rings. The minimum absolute atomic E-state index is 0.178. The van der Waals surface area contributed by atoms with Crippen molar-refractivity contribution in [3.05, 3.63) is 0 Å². The molecule has 0 aromatic rings. The van der Waals surface area contributed by atoms with Crippen molar-refractivity contribution >= 4 is 0 Å². The molecule has 1 atom stereocenters. The van der Waals surface area contributed by atoms with Crippen LogP contribution < -0.4 is 5.32 Å². The van der Waals surface area contributed by atoms with Gasteiger partial charge in [0.1, 0.15) is 0 Å². The SMILES string of the molecule is CCCNC1CCN(C(C)(C)COC)C1. The number of hydrogen-bond acceptors (Lipinski definition) is 3. The Labute approximate surface area is 94.2 Å². The van der Waals surface area contributed by atoms with E-state index in [9.17, 15) is 0 Å². The normalized spacial score (nSPS) is 23.6. The maximum atomic E-state index is 5.27. The predicted molar refractivity (Wildman–Crippen MR) is 64.2 cm³/mol. The molecule has 1 unspecified atom stereocenters. The zero-order chi connectivity index (χ0) is 11.3. The fraction of sp³-hybridized carbons (Fsp3) is 1.00. The molecule has 1 heterocycles. The molecule has 0 radical (unpaired) electrons. The van der Waals surface area contributed by atoms with Crippen LogP contribution in [0.1, 0.15) is 33.6 Å². The average Bonchev–Trinajstić information content (AvgIpc) is 2.63. The highest BCUT2D eigenvalue weighted by molar-refractivity contribution is 4.90. The Morgan fingerprint density at radius 2 is 2.20 bits per heavy atom. The van der Waals surface area contributed by atoms with Crippen LogP contribution in [0.3, 0.4) is 0 Å². The van der Waals surface area contributed by atoms with E-state index >= 15 is 0 Å². The lowest BCUT2D eigenvalue weighted by Gasteiger charge is -2.35. The summed E-state index contributed by atoms with van der Waals surface area (Å²) in [6.07, 6.45) is 2.49. The van der Waals surface area contributed by atoms with Crippen LogP contribution in [-0.2, 0) is 4.74 Å². The molecule has 1 fully saturated rings. The van der Waals surface area contributed by atoms with Gasteiger partial charge in [-0.15, -0.1) is 0 Å². The van der Waals surface area contributed by atoms with Crippen molar-refractivity contribution < 1.29 is 4.74 Å². The van der Waals surface area contributed by atoms with Gasteiger partial charge in [0.25, 0.3) is 0 Å². The summed E-state index contributed by atoms with van der Waals surface area (Å²) in [7, 11) is 1.78. The quantitative estimate of drug-likeness (QED) is 0.725. The zero-order valence-electron chi connectivity index (χ0n) is 10.7. The van der Waals surface area contributed by atoms with E-state index in [1.54, 1.807) is 7.11 Å². The molecule has 3 heteroatoms. The van der Waals surface area contributed by atoms with Crippen LogP contribution in [0, 0.1) is 0 Å². The third-order valence-electron chi connectivity index (χ3n) is 3.22. The summed E-state index contributed by atoms with van der Waals surface area (Å²) in [5.74, 6) is 0. The number of rotatable bonds is 6. The third kappa shape index (κ3) is 3.74. The fourth-order valence-corrected chi connectivity index (χ4v) is 2.27. The maximum absolute atomic E-state index is 5.27. The van der Waals surface area contributed by atoms with Crippen molar-refractivity contribution in [1.82, 2.24) is 10.2 Å². The van der Waals surface area contributed by atoms with Crippen LogP contribution in [0.25, 0.3) is 0 Å². The second kappa shape index (κ2) is 5.83. The summed E-state index contributed by atoms with van der Waals surface area (Å²) < 4.78 is 5.27. The van der Waals surface area contributed by atoms with Crippen LogP contribution >= 0.6 is 0 Å². The Morgan fingerprint density at radius 3 is 2.80 bits per heavy atom. The van der Waals surface area contributed by atoms with Gasteiger partial charge in [0.2, 0.25) is 0 Å². The van der Waals surface area contributed by atoms with Crippen molar-refractivity contribution in [1.29, 1.82) is 0 Å². The van der Waals surface area contributed by atoms with E-state index in [0.29, 0.717) is 6.04 Å². The van der Waals surface area contributed by atoms with Crippen LogP contribution in [0.15, 0.2) is 0 Å². The van der Waals surface area contributed by atoms with E-state index in [1.165, 1.54) is 19.4 Å². The lowest BCUT2D eigenvalue weighted by molar-refractivity contribution is 0.0478. The molecular formula is C12H26N2O. The Kier molecular flexibility index (Phi) is 5.03. The van der Waals surface area contributed by atoms with Crippen LogP contribution in [0.2, 0.25) is 0 Å². The number of hydrogen-bond donors (Lipinski definition) is 1. The monoisotopic (exact) mass is 214 g/mol. The van der Waals surface area contributed by atoms with Crippen LogP contribution in [0.4, 0.5) is 0 Å². The predicted octanol–water partition coefficient (Wildman–Crippen LogP) is 1.49. The first kappa shape index (κ1) is 12.9. The van der Waals surface area contributed by atoms with E-state index in [1.807, 2.05) is 0 Å². The van der Waals surface area contributed by atoms with E-state index in [-0.39, 0.29) is 5.54 Å². The summed E-state index contributed by atoms with van der Waals surface area (Å²) in [5.41, 5.74) is 0.178. The molecule has 1 rings (SSSR count). The van der Waals surface area contributed by atoms with E-state index in [4.69, 9.17) is 4.74 Å². The lowest BCUT2D eigenvalue weighted by Crippen LogP contribution is -2.47. The van der Waals surface area contributed by atoms with Gasteiger partial charge < -0.3 is 10.1 Å². The van der Waals surface area contributed by atoms with E-state index in [2.05, 4.69) is 31.0 Å². The second-order valence-corrected chi connectivity index (χ2v) is 5.13. The minimum atomic E-state index is 0.178. The number of nitrogens with one attached hydrogen (secondary N) is 1. The highest BCUT2D eigenvalue weighted by atomic mass is 16.5. The summed E-state index contributed by atoms with van der Waals surface area (Å²) in [4.78, 5) is 2.53. The Balaban J connectivity index is 2.34. The molecule has 0 aliphatic carbocycles. The van der Waals surface area contributed by atoms with E-state index in [0.717, 1.165) is 19.7 Å². The molecule has 1 N–H and O–H groups in total. The van der Waals surface area contributed by atoms with Gasteiger partial charge in [-0.3, -0.25) is 4.90 Å². The van der Waals surface area contributed by atoms with Gasteiger partial charge in [0, 0.05) is 31.8 Å². The highest BCUT2D eigenvalue weighted by Gasteiger charge is 2.32. The van der Waals surface area contributed by atoms with Gasteiger partial charge >= 0.3 is 0 Å². The van der Waals surface area contributed by atoms with Crippen molar-refractivity contribution in [2.45, 2.75) is 45.2 Å².